The van der Waals surface area contributed by atoms with Crippen molar-refractivity contribution in [3.8, 4) is 0 Å². The second-order valence-corrected chi connectivity index (χ2v) is 6.61. The van der Waals surface area contributed by atoms with Gasteiger partial charge in [0.15, 0.2) is 0 Å². The van der Waals surface area contributed by atoms with Crippen LogP contribution in [0.4, 0.5) is 0 Å². The van der Waals surface area contributed by atoms with E-state index in [-0.39, 0.29) is 11.3 Å². The van der Waals surface area contributed by atoms with Gasteiger partial charge in [0.25, 0.3) is 0 Å². The van der Waals surface area contributed by atoms with Crippen molar-refractivity contribution in [1.29, 1.82) is 0 Å². The van der Waals surface area contributed by atoms with Gasteiger partial charge in [0.05, 0.1) is 4.90 Å². The molecule has 5 nitrogen and oxygen atoms in total. The minimum absolute atomic E-state index is 0.163. The number of halogens is 1. The first-order chi connectivity index (χ1) is 9.42. The van der Waals surface area contributed by atoms with Crippen LogP contribution < -0.4 is 4.72 Å². The molecule has 0 fully saturated rings. The normalized spacial score (nSPS) is 11.4. The van der Waals surface area contributed by atoms with E-state index in [4.69, 9.17) is 16.7 Å². The van der Waals surface area contributed by atoms with Crippen LogP contribution in [-0.4, -0.2) is 26.0 Å². The smallest absolute Gasteiger partial charge is 0.303 e. The molecule has 7 heteroatoms. The number of hydrogen-bond donors (Lipinski definition) is 2. The Morgan fingerprint density at radius 2 is 1.70 bits per heavy atom. The van der Waals surface area contributed by atoms with Crippen molar-refractivity contribution in [3.05, 3.63) is 29.3 Å². The minimum Gasteiger partial charge on any atom is -0.481 e. The summed E-state index contributed by atoms with van der Waals surface area (Å²) in [6.07, 6.45) is 3.06. The highest BCUT2D eigenvalue weighted by atomic mass is 35.5. The van der Waals surface area contributed by atoms with E-state index in [1.165, 1.54) is 24.3 Å². The molecule has 0 saturated carbocycles. The van der Waals surface area contributed by atoms with E-state index < -0.39 is 16.0 Å². The average Bonchev–Trinajstić information content (AvgIpc) is 2.37. The van der Waals surface area contributed by atoms with Crippen LogP contribution in [0.15, 0.2) is 29.2 Å². The maximum absolute atomic E-state index is 11.9. The number of aliphatic carboxylic acids is 1. The summed E-state index contributed by atoms with van der Waals surface area (Å²) in [5.74, 6) is -0.798. The van der Waals surface area contributed by atoms with E-state index in [0.29, 0.717) is 24.4 Å². The molecule has 20 heavy (non-hydrogen) atoms. The third-order valence-electron chi connectivity index (χ3n) is 2.73. The van der Waals surface area contributed by atoms with E-state index in [0.717, 1.165) is 12.8 Å². The lowest BCUT2D eigenvalue weighted by molar-refractivity contribution is -0.137. The Kier molecular flexibility index (Phi) is 6.98. The monoisotopic (exact) mass is 319 g/mol. The average molecular weight is 320 g/mol. The first-order valence-corrected chi connectivity index (χ1v) is 8.25. The van der Waals surface area contributed by atoms with E-state index >= 15 is 0 Å². The Balaban J connectivity index is 2.27. The lowest BCUT2D eigenvalue weighted by Crippen LogP contribution is -2.24. The molecule has 0 atom stereocenters. The fraction of sp³-hybridized carbons (Fsp3) is 0.462. The molecule has 0 unspecified atom stereocenters. The van der Waals surface area contributed by atoms with Crippen molar-refractivity contribution in [1.82, 2.24) is 4.72 Å². The third-order valence-corrected chi connectivity index (χ3v) is 4.46. The summed E-state index contributed by atoms with van der Waals surface area (Å²) >= 11 is 5.70. The quantitative estimate of drug-likeness (QED) is 0.685. The second kappa shape index (κ2) is 8.24. The van der Waals surface area contributed by atoms with Crippen LogP contribution in [-0.2, 0) is 14.8 Å². The fourth-order valence-corrected chi connectivity index (χ4v) is 2.86. The number of carboxylic acid groups (broad SMARTS) is 1. The maximum atomic E-state index is 11.9. The molecular weight excluding hydrogens is 302 g/mol. The molecule has 1 rings (SSSR count). The molecule has 0 amide bonds. The molecule has 112 valence electrons. The van der Waals surface area contributed by atoms with Crippen molar-refractivity contribution in [2.24, 2.45) is 0 Å². The van der Waals surface area contributed by atoms with Crippen molar-refractivity contribution in [2.75, 3.05) is 6.54 Å². The van der Waals surface area contributed by atoms with Crippen molar-refractivity contribution < 1.29 is 18.3 Å². The van der Waals surface area contributed by atoms with Gasteiger partial charge in [0, 0.05) is 18.0 Å². The number of benzene rings is 1. The third kappa shape index (κ3) is 6.36. The van der Waals surface area contributed by atoms with E-state index in [2.05, 4.69) is 4.72 Å². The Morgan fingerprint density at radius 3 is 2.30 bits per heavy atom. The molecule has 0 spiro atoms. The first kappa shape index (κ1) is 16.9. The predicted molar refractivity (Wildman–Crippen MR) is 77.4 cm³/mol. The van der Waals surface area contributed by atoms with E-state index in [9.17, 15) is 13.2 Å². The topological polar surface area (TPSA) is 83.5 Å². The van der Waals surface area contributed by atoms with Crippen LogP contribution in [0.2, 0.25) is 5.02 Å². The van der Waals surface area contributed by atoms with E-state index in [1.54, 1.807) is 0 Å². The number of unbranched alkanes of at least 4 members (excludes halogenated alkanes) is 3. The van der Waals surface area contributed by atoms with Gasteiger partial charge >= 0.3 is 5.97 Å². The molecule has 0 radical (unpaired) electrons. The molecule has 0 heterocycles. The number of nitrogens with one attached hydrogen (secondary N) is 1. The molecule has 1 aromatic rings. The Morgan fingerprint density at radius 1 is 1.10 bits per heavy atom. The summed E-state index contributed by atoms with van der Waals surface area (Å²) in [4.78, 5) is 10.5. The summed E-state index contributed by atoms with van der Waals surface area (Å²) in [7, 11) is -3.49. The Labute approximate surface area is 124 Å². The van der Waals surface area contributed by atoms with Gasteiger partial charge in [0.1, 0.15) is 0 Å². The van der Waals surface area contributed by atoms with Gasteiger partial charge in [-0.3, -0.25) is 4.79 Å². The molecule has 0 bridgehead atoms. The predicted octanol–water partition coefficient (Wildman–Crippen LogP) is 2.65. The molecular formula is C13H18ClNO4S. The van der Waals surface area contributed by atoms with Gasteiger partial charge in [-0.2, -0.15) is 0 Å². The van der Waals surface area contributed by atoms with Crippen molar-refractivity contribution in [2.45, 2.75) is 37.0 Å². The summed E-state index contributed by atoms with van der Waals surface area (Å²) < 4.78 is 26.3. The summed E-state index contributed by atoms with van der Waals surface area (Å²) in [6.45, 7) is 0.345. The zero-order valence-electron chi connectivity index (χ0n) is 11.0. The molecule has 0 aliphatic rings. The molecule has 0 aliphatic heterocycles. The van der Waals surface area contributed by atoms with Crippen LogP contribution in [0.1, 0.15) is 32.1 Å². The number of rotatable bonds is 9. The SMILES string of the molecule is O=C(O)CCCCCCNS(=O)(=O)c1ccc(Cl)cc1. The zero-order valence-corrected chi connectivity index (χ0v) is 12.6. The van der Waals surface area contributed by atoms with Gasteiger partial charge in [-0.25, -0.2) is 13.1 Å². The largest absolute Gasteiger partial charge is 0.481 e. The Hall–Kier alpha value is -1.11. The highest BCUT2D eigenvalue weighted by Gasteiger charge is 2.12. The van der Waals surface area contributed by atoms with Crippen molar-refractivity contribution >= 4 is 27.6 Å². The lowest BCUT2D eigenvalue weighted by atomic mass is 10.1. The van der Waals surface area contributed by atoms with Crippen molar-refractivity contribution in [3.63, 3.8) is 0 Å². The summed E-state index contributed by atoms with van der Waals surface area (Å²) in [6, 6.07) is 5.97. The molecule has 0 saturated heterocycles. The second-order valence-electron chi connectivity index (χ2n) is 4.41. The standard InChI is InChI=1S/C13H18ClNO4S/c14-11-6-8-12(9-7-11)20(18,19)15-10-4-2-1-3-5-13(16)17/h6-9,15H,1-5,10H2,(H,16,17). The number of sulfonamides is 1. The van der Waals surface area contributed by atoms with Gasteiger partial charge in [-0.15, -0.1) is 0 Å². The van der Waals surface area contributed by atoms with Crippen LogP contribution in [0.5, 0.6) is 0 Å². The minimum atomic E-state index is -3.49. The highest BCUT2D eigenvalue weighted by molar-refractivity contribution is 7.89. The first-order valence-electron chi connectivity index (χ1n) is 6.39. The van der Waals surface area contributed by atoms with Crippen LogP contribution >= 0.6 is 11.6 Å². The lowest BCUT2D eigenvalue weighted by Gasteiger charge is -2.06. The molecule has 0 aliphatic carbocycles. The van der Waals surface area contributed by atoms with Gasteiger partial charge < -0.3 is 5.11 Å². The van der Waals surface area contributed by atoms with Crippen LogP contribution in [0.3, 0.4) is 0 Å². The van der Waals surface area contributed by atoms with Crippen LogP contribution in [0, 0.1) is 0 Å². The zero-order chi connectivity index (χ0) is 15.0. The molecule has 2 N–H and O–H groups in total. The van der Waals surface area contributed by atoms with Gasteiger partial charge in [-0.1, -0.05) is 24.4 Å². The highest BCUT2D eigenvalue weighted by Crippen LogP contribution is 2.13. The number of carboxylic acids is 1. The van der Waals surface area contributed by atoms with Crippen LogP contribution in [0.25, 0.3) is 0 Å². The van der Waals surface area contributed by atoms with E-state index in [1.807, 2.05) is 0 Å². The maximum Gasteiger partial charge on any atom is 0.303 e. The Bertz CT molecular complexity index is 528. The van der Waals surface area contributed by atoms with Gasteiger partial charge in [0.2, 0.25) is 10.0 Å². The molecule has 1 aromatic carbocycles. The molecule has 0 aromatic heterocycles. The number of carbonyl (C=O) groups is 1. The summed E-state index contributed by atoms with van der Waals surface area (Å²) in [5, 5.41) is 8.96. The number of hydrogen-bond acceptors (Lipinski definition) is 3. The summed E-state index contributed by atoms with van der Waals surface area (Å²) in [5.41, 5.74) is 0. The fourth-order valence-electron chi connectivity index (χ4n) is 1.66. The van der Waals surface area contributed by atoms with Gasteiger partial charge in [-0.05, 0) is 37.1 Å².